The summed E-state index contributed by atoms with van der Waals surface area (Å²) >= 11 is 6.39. The van der Waals surface area contributed by atoms with E-state index in [4.69, 9.17) is 16.0 Å². The third kappa shape index (κ3) is 3.10. The minimum absolute atomic E-state index is 0.301. The fourth-order valence-corrected chi connectivity index (χ4v) is 4.03. The van der Waals surface area contributed by atoms with Crippen LogP contribution in [0.3, 0.4) is 0 Å². The van der Waals surface area contributed by atoms with E-state index in [2.05, 4.69) is 15.1 Å². The largest absolute Gasteiger partial charge is 0.423 e. The van der Waals surface area contributed by atoms with Crippen LogP contribution in [0.4, 0.5) is 0 Å². The van der Waals surface area contributed by atoms with Crippen molar-refractivity contribution < 1.29 is 4.42 Å². The number of aryl methyl sites for hydroxylation is 1. The topological polar surface area (TPSA) is 62.1 Å². The monoisotopic (exact) mass is 357 g/mol. The zero-order valence-corrected chi connectivity index (χ0v) is 14.8. The minimum Gasteiger partial charge on any atom is -0.423 e. The van der Waals surface area contributed by atoms with Gasteiger partial charge in [-0.2, -0.15) is 5.10 Å². The van der Waals surface area contributed by atoms with E-state index in [0.717, 1.165) is 53.0 Å². The number of fused-ring (bicyclic) bond motifs is 1. The molecule has 0 saturated carbocycles. The number of nitrogens with one attached hydrogen (secondary N) is 1. The third-order valence-electron chi connectivity index (χ3n) is 5.00. The third-order valence-corrected chi connectivity index (χ3v) is 5.35. The summed E-state index contributed by atoms with van der Waals surface area (Å²) in [6.45, 7) is 3.72. The number of hydrogen-bond donors (Lipinski definition) is 1. The van der Waals surface area contributed by atoms with E-state index in [0.29, 0.717) is 18.2 Å². The average Bonchev–Trinajstić information content (AvgIpc) is 3.26. The van der Waals surface area contributed by atoms with E-state index in [-0.39, 0.29) is 5.63 Å². The van der Waals surface area contributed by atoms with Crippen molar-refractivity contribution in [3.63, 3.8) is 0 Å². The molecule has 0 aliphatic carbocycles. The fraction of sp³-hybridized carbons (Fsp3) is 0.368. The molecule has 25 heavy (non-hydrogen) atoms. The first-order valence-electron chi connectivity index (χ1n) is 8.64. The van der Waals surface area contributed by atoms with Gasteiger partial charge < -0.3 is 4.42 Å². The van der Waals surface area contributed by atoms with Crippen molar-refractivity contribution in [2.45, 2.75) is 38.8 Å². The Labute approximate surface area is 150 Å². The zero-order valence-electron chi connectivity index (χ0n) is 14.1. The number of nitrogens with zero attached hydrogens (tertiary/aromatic N) is 2. The molecule has 130 valence electrons. The number of aromatic nitrogens is 2. The Morgan fingerprint density at radius 1 is 1.36 bits per heavy atom. The average molecular weight is 358 g/mol. The van der Waals surface area contributed by atoms with Gasteiger partial charge >= 0.3 is 5.63 Å². The van der Waals surface area contributed by atoms with Crippen LogP contribution in [0.15, 0.2) is 39.7 Å². The highest BCUT2D eigenvalue weighted by molar-refractivity contribution is 6.32. The first kappa shape index (κ1) is 16.4. The molecule has 0 amide bonds. The summed E-state index contributed by atoms with van der Waals surface area (Å²) in [4.78, 5) is 14.4. The second kappa shape index (κ2) is 6.65. The number of likely N-dealkylation sites (tertiary alicyclic amines) is 1. The summed E-state index contributed by atoms with van der Waals surface area (Å²) in [5.74, 6) is 0. The SMILES string of the molecule is CCc1cc2oc(=O)cc(CN3CCC[C@@H]3c3ccn[nH]3)c2cc1Cl. The van der Waals surface area contributed by atoms with Gasteiger partial charge in [0, 0.05) is 29.2 Å². The predicted molar refractivity (Wildman–Crippen MR) is 97.8 cm³/mol. The number of benzene rings is 1. The lowest BCUT2D eigenvalue weighted by Gasteiger charge is -2.24. The van der Waals surface area contributed by atoms with Crippen LogP contribution in [0.25, 0.3) is 11.0 Å². The lowest BCUT2D eigenvalue weighted by atomic mass is 10.0. The van der Waals surface area contributed by atoms with Gasteiger partial charge in [-0.15, -0.1) is 0 Å². The Morgan fingerprint density at radius 3 is 3.00 bits per heavy atom. The molecule has 2 aromatic heterocycles. The molecule has 3 heterocycles. The Morgan fingerprint density at radius 2 is 2.24 bits per heavy atom. The maximum Gasteiger partial charge on any atom is 0.336 e. The van der Waals surface area contributed by atoms with E-state index in [1.165, 1.54) is 0 Å². The predicted octanol–water partition coefficient (Wildman–Crippen LogP) is 4.07. The van der Waals surface area contributed by atoms with Gasteiger partial charge in [0.15, 0.2) is 0 Å². The van der Waals surface area contributed by atoms with Crippen LogP contribution in [-0.2, 0) is 13.0 Å². The standard InChI is InChI=1S/C19H20ClN3O2/c1-2-12-8-18-14(10-15(12)20)13(9-19(24)25-18)11-23-7-3-4-17(23)16-5-6-21-22-16/h5-6,8-10,17H,2-4,7,11H2,1H3,(H,21,22)/t17-/m1/s1. The lowest BCUT2D eigenvalue weighted by molar-refractivity contribution is 0.244. The molecule has 5 nitrogen and oxygen atoms in total. The van der Waals surface area contributed by atoms with Crippen LogP contribution in [0.5, 0.6) is 0 Å². The summed E-state index contributed by atoms with van der Waals surface area (Å²) in [6.07, 6.45) is 4.80. The van der Waals surface area contributed by atoms with Crippen molar-refractivity contribution in [2.24, 2.45) is 0 Å². The van der Waals surface area contributed by atoms with E-state index >= 15 is 0 Å². The molecule has 1 aliphatic heterocycles. The van der Waals surface area contributed by atoms with Crippen molar-refractivity contribution in [3.05, 3.63) is 62.7 Å². The van der Waals surface area contributed by atoms with Crippen LogP contribution in [0, 0.1) is 0 Å². The Hall–Kier alpha value is -2.11. The van der Waals surface area contributed by atoms with Gasteiger partial charge in [-0.3, -0.25) is 10.00 Å². The molecule has 1 atom stereocenters. The number of H-pyrrole nitrogens is 1. The fourth-order valence-electron chi connectivity index (χ4n) is 3.73. The molecule has 1 saturated heterocycles. The van der Waals surface area contributed by atoms with Crippen LogP contribution < -0.4 is 5.63 Å². The van der Waals surface area contributed by atoms with Crippen molar-refractivity contribution >= 4 is 22.6 Å². The molecule has 1 aliphatic rings. The van der Waals surface area contributed by atoms with Crippen LogP contribution >= 0.6 is 11.6 Å². The second-order valence-electron chi connectivity index (χ2n) is 6.52. The van der Waals surface area contributed by atoms with E-state index < -0.39 is 0 Å². The molecule has 1 N–H and O–H groups in total. The van der Waals surface area contributed by atoms with E-state index in [9.17, 15) is 4.79 Å². The molecule has 4 rings (SSSR count). The van der Waals surface area contributed by atoms with Crippen LogP contribution in [-0.4, -0.2) is 21.6 Å². The highest BCUT2D eigenvalue weighted by Gasteiger charge is 2.27. The first-order valence-corrected chi connectivity index (χ1v) is 9.02. The van der Waals surface area contributed by atoms with Gasteiger partial charge in [0.2, 0.25) is 0 Å². The molecule has 0 spiro atoms. The lowest BCUT2D eigenvalue weighted by Crippen LogP contribution is -2.23. The number of hydrogen-bond acceptors (Lipinski definition) is 4. The van der Waals surface area contributed by atoms with Crippen molar-refractivity contribution in [1.82, 2.24) is 15.1 Å². The summed E-state index contributed by atoms with van der Waals surface area (Å²) in [5.41, 5.74) is 3.37. The highest BCUT2D eigenvalue weighted by atomic mass is 35.5. The molecule has 0 unspecified atom stereocenters. The Balaban J connectivity index is 1.73. The smallest absolute Gasteiger partial charge is 0.336 e. The molecular formula is C19H20ClN3O2. The molecule has 6 heteroatoms. The molecule has 1 aromatic carbocycles. The van der Waals surface area contributed by atoms with Crippen molar-refractivity contribution in [1.29, 1.82) is 0 Å². The van der Waals surface area contributed by atoms with Crippen molar-refractivity contribution in [3.8, 4) is 0 Å². The van der Waals surface area contributed by atoms with Gasteiger partial charge in [0.25, 0.3) is 0 Å². The minimum atomic E-state index is -0.316. The van der Waals surface area contributed by atoms with Crippen LogP contribution in [0.1, 0.15) is 42.6 Å². The molecule has 0 radical (unpaired) electrons. The summed E-state index contributed by atoms with van der Waals surface area (Å²) in [5, 5.41) is 8.78. The number of halogens is 1. The normalized spacial score (nSPS) is 18.2. The van der Waals surface area contributed by atoms with Gasteiger partial charge in [0.1, 0.15) is 5.58 Å². The maximum absolute atomic E-state index is 12.0. The number of rotatable bonds is 4. The van der Waals surface area contributed by atoms with Gasteiger partial charge in [0.05, 0.1) is 11.7 Å². The summed E-state index contributed by atoms with van der Waals surface area (Å²) in [7, 11) is 0. The second-order valence-corrected chi connectivity index (χ2v) is 6.93. The molecule has 3 aromatic rings. The summed E-state index contributed by atoms with van der Waals surface area (Å²) < 4.78 is 5.41. The van der Waals surface area contributed by atoms with Gasteiger partial charge in [-0.25, -0.2) is 4.79 Å². The maximum atomic E-state index is 12.0. The van der Waals surface area contributed by atoms with Gasteiger partial charge in [-0.05, 0) is 55.1 Å². The zero-order chi connectivity index (χ0) is 17.4. The Kier molecular flexibility index (Phi) is 4.36. The Bertz CT molecular complexity index is 949. The van der Waals surface area contributed by atoms with E-state index in [1.54, 1.807) is 12.3 Å². The van der Waals surface area contributed by atoms with Crippen LogP contribution in [0.2, 0.25) is 5.02 Å². The highest BCUT2D eigenvalue weighted by Crippen LogP contribution is 2.33. The van der Waals surface area contributed by atoms with E-state index in [1.807, 2.05) is 25.1 Å². The molecule has 0 bridgehead atoms. The molecular weight excluding hydrogens is 338 g/mol. The van der Waals surface area contributed by atoms with Crippen molar-refractivity contribution in [2.75, 3.05) is 6.54 Å². The quantitative estimate of drug-likeness (QED) is 0.715. The van der Waals surface area contributed by atoms with Gasteiger partial charge in [-0.1, -0.05) is 18.5 Å². The number of aromatic amines is 1. The first-order chi connectivity index (χ1) is 12.2. The summed E-state index contributed by atoms with van der Waals surface area (Å²) in [6, 6.07) is 7.72. The molecule has 1 fully saturated rings.